The van der Waals surface area contributed by atoms with E-state index >= 15 is 0 Å². The molecule has 0 radical (unpaired) electrons. The van der Waals surface area contributed by atoms with Gasteiger partial charge in [0.15, 0.2) is 5.69 Å². The van der Waals surface area contributed by atoms with Crippen molar-refractivity contribution < 1.29 is 4.79 Å². The Hall–Kier alpha value is -2.01. The molecule has 4 nitrogen and oxygen atoms in total. The monoisotopic (exact) mass is 313 g/mol. The molecule has 1 unspecified atom stereocenters. The van der Waals surface area contributed by atoms with Crippen molar-refractivity contribution in [1.29, 1.82) is 0 Å². The quantitative estimate of drug-likeness (QED) is 0.869. The predicted molar refractivity (Wildman–Crippen MR) is 88.7 cm³/mol. The summed E-state index contributed by atoms with van der Waals surface area (Å²) in [5.74, 6) is -0.00152. The average Bonchev–Trinajstić information content (AvgIpc) is 2.99. The number of hydrogen-bond donors (Lipinski definition) is 0. The smallest absolute Gasteiger partial charge is 0.275 e. The van der Waals surface area contributed by atoms with Crippen LogP contribution >= 0.6 is 11.5 Å². The first-order chi connectivity index (χ1) is 10.8. The maximum absolute atomic E-state index is 12.6. The second kappa shape index (κ2) is 7.31. The van der Waals surface area contributed by atoms with E-state index in [0.29, 0.717) is 5.69 Å². The van der Waals surface area contributed by atoms with Crippen LogP contribution in [0.5, 0.6) is 0 Å². The Morgan fingerprint density at radius 3 is 2.86 bits per heavy atom. The molecule has 0 N–H and O–H groups in total. The molecule has 0 saturated carbocycles. The number of rotatable bonds is 3. The number of nitrogens with zero attached hydrogens (tertiary/aromatic N) is 3. The highest BCUT2D eigenvalue weighted by molar-refractivity contribution is 7.03. The van der Waals surface area contributed by atoms with Crippen molar-refractivity contribution in [1.82, 2.24) is 14.5 Å². The third kappa shape index (κ3) is 3.60. The molecule has 1 aromatic heterocycles. The summed E-state index contributed by atoms with van der Waals surface area (Å²) in [6.07, 6.45) is 8.65. The summed E-state index contributed by atoms with van der Waals surface area (Å²) in [5.41, 5.74) is 1.62. The summed E-state index contributed by atoms with van der Waals surface area (Å²) in [5, 5.41) is 5.66. The largest absolute Gasteiger partial charge is 0.331 e. The number of aromatic nitrogens is 2. The molecule has 1 aliphatic rings. The molecule has 1 atom stereocenters. The fourth-order valence-electron chi connectivity index (χ4n) is 2.78. The zero-order valence-electron chi connectivity index (χ0n) is 12.4. The molecule has 114 valence electrons. The fraction of sp³-hybridized carbons (Fsp3) is 0.353. The lowest BCUT2D eigenvalue weighted by Gasteiger charge is -2.27. The van der Waals surface area contributed by atoms with Gasteiger partial charge in [-0.2, -0.15) is 0 Å². The maximum Gasteiger partial charge on any atom is 0.275 e. The van der Waals surface area contributed by atoms with Crippen LogP contribution in [-0.4, -0.2) is 33.0 Å². The lowest BCUT2D eigenvalue weighted by Crippen LogP contribution is -2.39. The van der Waals surface area contributed by atoms with E-state index in [4.69, 9.17) is 0 Å². The van der Waals surface area contributed by atoms with Gasteiger partial charge in [0.2, 0.25) is 0 Å². The van der Waals surface area contributed by atoms with Crippen molar-refractivity contribution in [2.75, 3.05) is 6.54 Å². The normalized spacial score (nSPS) is 19.3. The number of carbonyl (C=O) groups excluding carboxylic acids is 1. The molecular weight excluding hydrogens is 294 g/mol. The Bertz CT molecular complexity index is 625. The summed E-state index contributed by atoms with van der Waals surface area (Å²) in [7, 11) is 0. The topological polar surface area (TPSA) is 46.1 Å². The average molecular weight is 313 g/mol. The lowest BCUT2D eigenvalue weighted by molar-refractivity contribution is 0.0712. The van der Waals surface area contributed by atoms with E-state index in [2.05, 4.69) is 33.9 Å². The number of benzene rings is 1. The van der Waals surface area contributed by atoms with Crippen LogP contribution in [0, 0.1) is 0 Å². The third-order valence-corrected chi connectivity index (χ3v) is 4.45. The van der Waals surface area contributed by atoms with Crippen LogP contribution in [0.25, 0.3) is 6.08 Å². The van der Waals surface area contributed by atoms with E-state index in [0.717, 1.165) is 31.4 Å². The Kier molecular flexibility index (Phi) is 4.96. The molecule has 0 bridgehead atoms. The van der Waals surface area contributed by atoms with E-state index in [9.17, 15) is 4.79 Å². The van der Waals surface area contributed by atoms with E-state index in [-0.39, 0.29) is 11.9 Å². The first kappa shape index (κ1) is 14.9. The number of carbonyl (C=O) groups is 1. The Balaban J connectivity index is 1.79. The van der Waals surface area contributed by atoms with Gasteiger partial charge in [-0.25, -0.2) is 0 Å². The first-order valence-electron chi connectivity index (χ1n) is 7.66. The standard InChI is InChI=1S/C17H19N3OS/c21-17(16-13-22-19-18-16)20-12-6-2-5-9-15(20)11-10-14-7-3-1-4-8-14/h1,3-4,7-8,10-11,13,15H,2,5-6,9,12H2. The number of likely N-dealkylation sites (tertiary alicyclic amines) is 1. The van der Waals surface area contributed by atoms with Crippen molar-refractivity contribution >= 4 is 23.5 Å². The molecule has 5 heteroatoms. The number of hydrogen-bond acceptors (Lipinski definition) is 4. The minimum atomic E-state index is -0.00152. The van der Waals surface area contributed by atoms with Gasteiger partial charge in [0.05, 0.1) is 6.04 Å². The highest BCUT2D eigenvalue weighted by Crippen LogP contribution is 2.21. The van der Waals surface area contributed by atoms with Gasteiger partial charge < -0.3 is 4.90 Å². The van der Waals surface area contributed by atoms with Crippen LogP contribution in [0.15, 0.2) is 41.8 Å². The van der Waals surface area contributed by atoms with Crippen molar-refractivity contribution in [3.05, 3.63) is 53.0 Å². The van der Waals surface area contributed by atoms with Gasteiger partial charge in [0, 0.05) is 11.9 Å². The molecule has 1 saturated heterocycles. The van der Waals surface area contributed by atoms with Gasteiger partial charge in [-0.3, -0.25) is 4.79 Å². The molecule has 1 fully saturated rings. The molecule has 0 aliphatic carbocycles. The molecular formula is C17H19N3OS. The van der Waals surface area contributed by atoms with Crippen LogP contribution in [0.2, 0.25) is 0 Å². The SMILES string of the molecule is O=C(c1csnn1)N1CCCCCC1C=Cc1ccccc1. The maximum atomic E-state index is 12.6. The van der Waals surface area contributed by atoms with Crippen LogP contribution in [-0.2, 0) is 0 Å². The van der Waals surface area contributed by atoms with Gasteiger partial charge in [-0.15, -0.1) is 5.10 Å². The summed E-state index contributed by atoms with van der Waals surface area (Å²) in [6.45, 7) is 0.792. The summed E-state index contributed by atoms with van der Waals surface area (Å²) in [6, 6.07) is 10.3. The van der Waals surface area contributed by atoms with Crippen LogP contribution in [0.3, 0.4) is 0 Å². The van der Waals surface area contributed by atoms with Gasteiger partial charge in [-0.1, -0.05) is 59.8 Å². The number of amides is 1. The van der Waals surface area contributed by atoms with Crippen molar-refractivity contribution in [3.63, 3.8) is 0 Å². The molecule has 2 aromatic rings. The minimum absolute atomic E-state index is 0.00152. The highest BCUT2D eigenvalue weighted by Gasteiger charge is 2.25. The van der Waals surface area contributed by atoms with Crippen molar-refractivity contribution in [3.8, 4) is 0 Å². The van der Waals surface area contributed by atoms with Crippen LogP contribution in [0.1, 0.15) is 41.7 Å². The molecule has 22 heavy (non-hydrogen) atoms. The zero-order chi connectivity index (χ0) is 15.2. The molecule has 2 heterocycles. The van der Waals surface area contributed by atoms with E-state index < -0.39 is 0 Å². The Labute approximate surface area is 134 Å². The Morgan fingerprint density at radius 1 is 1.23 bits per heavy atom. The lowest BCUT2D eigenvalue weighted by atomic mass is 10.1. The van der Waals surface area contributed by atoms with Gasteiger partial charge >= 0.3 is 0 Å². The van der Waals surface area contributed by atoms with Crippen LogP contribution < -0.4 is 0 Å². The van der Waals surface area contributed by atoms with Gasteiger partial charge in [0.25, 0.3) is 5.91 Å². The summed E-state index contributed by atoms with van der Waals surface area (Å²) < 4.78 is 3.81. The molecule has 1 amide bonds. The van der Waals surface area contributed by atoms with E-state index in [1.165, 1.54) is 18.0 Å². The Morgan fingerprint density at radius 2 is 2.09 bits per heavy atom. The summed E-state index contributed by atoms with van der Waals surface area (Å²) in [4.78, 5) is 14.6. The molecule has 1 aliphatic heterocycles. The summed E-state index contributed by atoms with van der Waals surface area (Å²) >= 11 is 1.22. The third-order valence-electron chi connectivity index (χ3n) is 3.95. The predicted octanol–water partition coefficient (Wildman–Crippen LogP) is 3.64. The van der Waals surface area contributed by atoms with Crippen LogP contribution in [0.4, 0.5) is 0 Å². The van der Waals surface area contributed by atoms with Crippen molar-refractivity contribution in [2.45, 2.75) is 31.7 Å². The van der Waals surface area contributed by atoms with E-state index in [1.54, 1.807) is 5.38 Å². The van der Waals surface area contributed by atoms with Gasteiger partial charge in [0.1, 0.15) is 0 Å². The van der Waals surface area contributed by atoms with E-state index in [1.807, 2.05) is 23.1 Å². The van der Waals surface area contributed by atoms with Gasteiger partial charge in [-0.05, 0) is 29.9 Å². The highest BCUT2D eigenvalue weighted by atomic mass is 32.1. The second-order valence-corrected chi connectivity index (χ2v) is 6.09. The molecule has 3 rings (SSSR count). The molecule has 0 spiro atoms. The second-order valence-electron chi connectivity index (χ2n) is 5.48. The first-order valence-corrected chi connectivity index (χ1v) is 8.49. The zero-order valence-corrected chi connectivity index (χ0v) is 13.2. The molecule has 1 aromatic carbocycles. The minimum Gasteiger partial charge on any atom is -0.331 e. The van der Waals surface area contributed by atoms with Crippen molar-refractivity contribution in [2.24, 2.45) is 0 Å². The fourth-order valence-corrected chi connectivity index (χ4v) is 3.21.